The molecule has 110 heavy (non-hydrogen) atoms. The van der Waals surface area contributed by atoms with Crippen molar-refractivity contribution in [1.29, 1.82) is 0 Å². The summed E-state index contributed by atoms with van der Waals surface area (Å²) in [6, 6.07) is 43.5. The molecule has 0 bridgehead atoms. The molecule has 0 spiro atoms. The van der Waals surface area contributed by atoms with Gasteiger partial charge in [0.15, 0.2) is 23.1 Å². The summed E-state index contributed by atoms with van der Waals surface area (Å²) in [5.41, 5.74) is 27.9. The van der Waals surface area contributed by atoms with Crippen molar-refractivity contribution in [2.24, 2.45) is 17.2 Å². The minimum absolute atomic E-state index is 0.00166. The Balaban J connectivity index is 0.000000153. The monoisotopic (exact) mass is 1560 g/mol. The number of hydrogen-bond acceptors (Lipinski definition) is 12. The van der Waals surface area contributed by atoms with Crippen LogP contribution in [-0.2, 0) is 64.3 Å². The van der Waals surface area contributed by atoms with E-state index in [0.29, 0.717) is 100 Å². The van der Waals surface area contributed by atoms with Crippen LogP contribution in [0.2, 0.25) is 0 Å². The predicted molar refractivity (Wildman–Crippen MR) is 408 cm³/mol. The first-order valence-electron chi connectivity index (χ1n) is 35.5. The average Bonchev–Trinajstić information content (AvgIpc) is 1.60. The van der Waals surface area contributed by atoms with E-state index in [1.165, 1.54) is 54.7 Å². The number of esters is 1. The third-order valence-electron chi connectivity index (χ3n) is 19.0. The van der Waals surface area contributed by atoms with Gasteiger partial charge in [0, 0.05) is 134 Å². The van der Waals surface area contributed by atoms with Gasteiger partial charge in [0.2, 0.25) is 0 Å². The summed E-state index contributed by atoms with van der Waals surface area (Å²) in [6.45, 7) is 2.16. The number of nitrogens with two attached hydrogens (primary N) is 3. The van der Waals surface area contributed by atoms with Crippen LogP contribution >= 0.6 is 15.9 Å². The number of hydrogen-bond donors (Lipinski definition) is 5. The molecule has 564 valence electrons. The lowest BCUT2D eigenvalue weighted by Crippen LogP contribution is -2.20. The number of alkyl halides is 1. The van der Waals surface area contributed by atoms with Crippen molar-refractivity contribution >= 4 is 95.5 Å². The Morgan fingerprint density at radius 3 is 1.48 bits per heavy atom. The van der Waals surface area contributed by atoms with Gasteiger partial charge in [-0.15, -0.1) is 0 Å². The van der Waals surface area contributed by atoms with Gasteiger partial charge in [-0.1, -0.05) is 94.8 Å². The smallest absolute Gasteiger partial charge is 0.323 e. The molecule has 2 amide bonds. The number of carbonyl (C=O) groups is 8. The zero-order valence-corrected chi connectivity index (χ0v) is 61.2. The number of halogens is 7. The fourth-order valence-corrected chi connectivity index (χ4v) is 14.6. The van der Waals surface area contributed by atoms with Crippen LogP contribution in [-0.4, -0.2) is 88.0 Å². The van der Waals surface area contributed by atoms with Crippen LogP contribution in [0.1, 0.15) is 155 Å². The van der Waals surface area contributed by atoms with Gasteiger partial charge in [-0.3, -0.25) is 48.3 Å². The zero-order valence-electron chi connectivity index (χ0n) is 59.6. The summed E-state index contributed by atoms with van der Waals surface area (Å²) in [7, 11) is 0. The second-order valence-electron chi connectivity index (χ2n) is 26.5. The number of aliphatic carboxylic acids is 1. The molecule has 0 saturated heterocycles. The van der Waals surface area contributed by atoms with Gasteiger partial charge >= 0.3 is 11.9 Å². The molecule has 0 aliphatic heterocycles. The van der Waals surface area contributed by atoms with Crippen LogP contribution in [0.4, 0.5) is 26.3 Å². The van der Waals surface area contributed by atoms with Crippen molar-refractivity contribution in [1.82, 2.24) is 24.1 Å². The first-order valence-corrected chi connectivity index (χ1v) is 36.6. The van der Waals surface area contributed by atoms with E-state index in [9.17, 15) is 64.7 Å². The quantitative estimate of drug-likeness (QED) is 0.0304. The molecule has 18 nitrogen and oxygen atoms in total. The summed E-state index contributed by atoms with van der Waals surface area (Å²) in [6.07, 6.45) is 9.94. The molecule has 3 aliphatic rings. The number of para-hydroxylation sites is 3. The highest BCUT2D eigenvalue weighted by Gasteiger charge is 2.31. The lowest BCUT2D eigenvalue weighted by molar-refractivity contribution is -0.140. The molecule has 5 heterocycles. The van der Waals surface area contributed by atoms with E-state index in [4.69, 9.17) is 22.3 Å². The molecule has 0 fully saturated rings. The van der Waals surface area contributed by atoms with E-state index in [-0.39, 0.29) is 66.8 Å². The summed E-state index contributed by atoms with van der Waals surface area (Å²) in [5, 5.41) is 12.1. The van der Waals surface area contributed by atoms with Gasteiger partial charge in [-0.2, -0.15) is 0 Å². The molecule has 3 aliphatic carbocycles. The Morgan fingerprint density at radius 2 is 0.991 bits per heavy atom. The summed E-state index contributed by atoms with van der Waals surface area (Å²) >= 11 is 2.94. The molecule has 7 aromatic carbocycles. The third-order valence-corrected chi connectivity index (χ3v) is 19.5. The molecule has 12 aromatic rings. The highest BCUT2D eigenvalue weighted by molar-refractivity contribution is 9.09. The number of fused-ring (bicyclic) bond motifs is 9. The summed E-state index contributed by atoms with van der Waals surface area (Å²) < 4.78 is 91.5. The second-order valence-corrected chi connectivity index (χ2v) is 27.1. The van der Waals surface area contributed by atoms with Crippen LogP contribution in [0.25, 0.3) is 55.0 Å². The van der Waals surface area contributed by atoms with Crippen molar-refractivity contribution in [3.05, 3.63) is 285 Å². The number of amides is 2. The van der Waals surface area contributed by atoms with Crippen LogP contribution in [0.5, 0.6) is 0 Å². The van der Waals surface area contributed by atoms with E-state index < -0.39 is 64.6 Å². The van der Waals surface area contributed by atoms with Gasteiger partial charge < -0.3 is 41.2 Å². The van der Waals surface area contributed by atoms with Gasteiger partial charge in [0.25, 0.3) is 11.8 Å². The lowest BCUT2D eigenvalue weighted by atomic mass is 9.86. The maximum Gasteiger partial charge on any atom is 0.323 e. The number of nitrogens with zero attached hydrogens (tertiary/aromatic N) is 4. The number of rotatable bonds is 18. The SMILES string of the molecule is CCOC(=O)CBr.NC(=O)c1cc(-c2cccnc2[C@@H](CC(=O)Cn2c3c(c4ccccc42)C(=O)CCC3)Cc2cc(F)cc(F)c2)ccc1F.NC(=O)c1cc(-c2cccnc2[C@@H](N)Cc2cc(F)cc(F)c2)ccc1F.O=C(O)Cn1c2c(c3ccccc31)C(=O)CCC2.O=C1CCCc2[nH]c3ccccc3c21. The largest absolute Gasteiger partial charge is 0.480 e. The molecule has 8 N–H and O–H groups in total. The molecule has 25 heteroatoms. The average molecular weight is 1560 g/mol. The third kappa shape index (κ3) is 18.6. The lowest BCUT2D eigenvalue weighted by Gasteiger charge is -2.21. The molecule has 0 unspecified atom stereocenters. The molecular formula is C85H75BrF6N8O10. The number of carboxylic acids is 1. The molecule has 5 aromatic heterocycles. The van der Waals surface area contributed by atoms with E-state index in [0.717, 1.165) is 111 Å². The fraction of sp³-hybridized carbons (Fsp3) is 0.224. The number of primary amides is 2. The number of H-pyrrole nitrogens is 1. The molecule has 0 radical (unpaired) electrons. The number of nitrogens with one attached hydrogen (secondary N) is 1. The van der Waals surface area contributed by atoms with E-state index in [2.05, 4.69) is 35.6 Å². The number of aromatic amines is 1. The van der Waals surface area contributed by atoms with Crippen molar-refractivity contribution in [3.63, 3.8) is 0 Å². The van der Waals surface area contributed by atoms with Crippen LogP contribution in [0.15, 0.2) is 182 Å². The fourth-order valence-electron chi connectivity index (χ4n) is 14.5. The van der Waals surface area contributed by atoms with Crippen LogP contribution < -0.4 is 17.2 Å². The number of aromatic nitrogens is 5. The minimum Gasteiger partial charge on any atom is -0.480 e. The topological polar surface area (TPSA) is 296 Å². The van der Waals surface area contributed by atoms with Crippen molar-refractivity contribution in [2.75, 3.05) is 11.9 Å². The van der Waals surface area contributed by atoms with E-state index in [1.807, 2.05) is 77.4 Å². The summed E-state index contributed by atoms with van der Waals surface area (Å²) in [4.78, 5) is 107. The Labute approximate surface area is 635 Å². The normalized spacial score (nSPS) is 13.3. The van der Waals surface area contributed by atoms with Gasteiger partial charge in [0.1, 0.15) is 46.8 Å². The Bertz CT molecular complexity index is 5500. The summed E-state index contributed by atoms with van der Waals surface area (Å²) in [5.74, 6) is -7.58. The Kier molecular flexibility index (Phi) is 25.8. The second kappa shape index (κ2) is 35.8. The minimum atomic E-state index is -0.933. The van der Waals surface area contributed by atoms with E-state index >= 15 is 0 Å². The Morgan fingerprint density at radius 1 is 0.536 bits per heavy atom. The highest BCUT2D eigenvalue weighted by Crippen LogP contribution is 2.38. The maximum absolute atomic E-state index is 14.3. The van der Waals surface area contributed by atoms with Crippen LogP contribution in [0.3, 0.4) is 0 Å². The number of pyridine rings is 2. The molecule has 0 saturated carbocycles. The van der Waals surface area contributed by atoms with Crippen LogP contribution in [0, 0.1) is 34.9 Å². The van der Waals surface area contributed by atoms with E-state index in [1.54, 1.807) is 42.0 Å². The zero-order chi connectivity index (χ0) is 78.4. The van der Waals surface area contributed by atoms with Crippen molar-refractivity contribution in [3.8, 4) is 22.3 Å². The number of ketones is 4. The maximum atomic E-state index is 14.3. The molecule has 2 atom stereocenters. The number of benzene rings is 7. The first-order chi connectivity index (χ1) is 52.9. The van der Waals surface area contributed by atoms with Gasteiger partial charge in [-0.05, 0) is 159 Å². The number of carbonyl (C=O) groups excluding carboxylic acids is 7. The Hall–Kier alpha value is -12.0. The number of carboxylic acid groups (broad SMARTS) is 1. The van der Waals surface area contributed by atoms with Gasteiger partial charge in [-0.25, -0.2) is 26.3 Å². The van der Waals surface area contributed by atoms with Crippen molar-refractivity contribution in [2.45, 2.75) is 109 Å². The number of Topliss-reactive ketones (excluding diaryl/α,β-unsaturated/α-hetero) is 4. The first kappa shape index (κ1) is 79.1. The molecule has 15 rings (SSSR count). The van der Waals surface area contributed by atoms with Gasteiger partial charge in [0.05, 0.1) is 41.7 Å². The standard InChI is InChI=1S/C35H28F3N3O3.C20H16F3N3O.C14H13NO3.C12H11NO.C4H7BrO2/c36-23-14-20(15-24(37)18-23)13-22(34-26(6-4-12-40-34)21-10-11-29(38)28(17-21)35(39)44)16-25(42)19-41-30-7-2-1-5-27(30)33-31(41)8-3-9-32(33)43;21-13-6-11(7-14(22)10-13)8-18(24)19-15(2-1-5-26-19)12-3-4-17(23)16(9-12)20(25)27;16-12-7-3-6-11-14(12)9-4-1-2-5-10(9)15(11)8-13(17)18;14-11-7-3-6-10-12(11)8-4-1-2-5-9(8)13-10;1-2-7-4(6)3-5/h1-2,4-7,10-12,14-15,17-18,22H,3,8-9,13,16,19H2,(H2,39,44);1-7,9-10,18H,8,24H2,(H2,25,27);1-2,4-5H,3,6-8H2,(H,17,18);1-2,4-5,13H,3,6-7H2;2-3H2,1H3/t22-;18-;;;/m10.../s1. The highest BCUT2D eigenvalue weighted by atomic mass is 79.9. The molecular weight excluding hydrogens is 1490 g/mol. The predicted octanol–water partition coefficient (Wildman–Crippen LogP) is 16.1. The number of ether oxygens (including phenoxy) is 1. The van der Waals surface area contributed by atoms with Crippen molar-refractivity contribution < 1.29 is 74.5 Å². The number of aryl methyl sites for hydroxylation is 1.